The van der Waals surface area contributed by atoms with Crippen molar-refractivity contribution in [3.8, 4) is 0 Å². The zero-order valence-electron chi connectivity index (χ0n) is 21.1. The number of carbonyl (C=O) groups excluding carboxylic acids is 2. The van der Waals surface area contributed by atoms with Gasteiger partial charge in [-0.15, -0.1) is 21.5 Å². The molecule has 2 fully saturated rings. The van der Waals surface area contributed by atoms with E-state index in [0.29, 0.717) is 41.1 Å². The van der Waals surface area contributed by atoms with Gasteiger partial charge in [0.05, 0.1) is 10.5 Å². The van der Waals surface area contributed by atoms with E-state index in [1.54, 1.807) is 30.6 Å². The zero-order valence-corrected chi connectivity index (χ0v) is 22.7. The first-order chi connectivity index (χ1) is 18.3. The average Bonchev–Trinajstić information content (AvgIpc) is 3.81. The predicted molar refractivity (Wildman–Crippen MR) is 145 cm³/mol. The van der Waals surface area contributed by atoms with E-state index in [1.165, 1.54) is 17.6 Å². The van der Waals surface area contributed by atoms with Crippen molar-refractivity contribution in [2.24, 2.45) is 11.8 Å². The number of benzene rings is 1. The Bertz CT molecular complexity index is 1500. The standard InChI is InChI=1S/C26H30N6O4S2/c1-38(35,36)19-4-2-3-17(11-19)29-26-31-28-14-32(26)18-9-10-21-20(12-18)22(24(34)27-13-15-5-6-15)25(37-21)30-23(33)16-7-8-16/h2-4,11,14-16,18H,5-10,12-13H2,1H3,(H,27,34)(H,29,31)(H,30,33)/t18-/m0/s1. The number of amides is 2. The van der Waals surface area contributed by atoms with Crippen molar-refractivity contribution in [2.45, 2.75) is 55.9 Å². The normalized spacial score (nSPS) is 19.0. The van der Waals surface area contributed by atoms with E-state index in [2.05, 4.69) is 26.1 Å². The first-order valence-corrected chi connectivity index (χ1v) is 15.7. The summed E-state index contributed by atoms with van der Waals surface area (Å²) in [5.41, 5.74) is 2.16. The summed E-state index contributed by atoms with van der Waals surface area (Å²) in [5, 5.41) is 18.3. The molecule has 0 spiro atoms. The van der Waals surface area contributed by atoms with Crippen LogP contribution in [0.25, 0.3) is 0 Å². The third kappa shape index (κ3) is 5.32. The lowest BCUT2D eigenvalue weighted by molar-refractivity contribution is -0.117. The van der Waals surface area contributed by atoms with E-state index in [9.17, 15) is 18.0 Å². The van der Waals surface area contributed by atoms with Gasteiger partial charge in [0.25, 0.3) is 5.91 Å². The number of hydrogen-bond acceptors (Lipinski definition) is 8. The zero-order chi connectivity index (χ0) is 26.4. The summed E-state index contributed by atoms with van der Waals surface area (Å²) in [4.78, 5) is 27.3. The summed E-state index contributed by atoms with van der Waals surface area (Å²) in [6, 6.07) is 6.59. The Morgan fingerprint density at radius 2 is 1.97 bits per heavy atom. The van der Waals surface area contributed by atoms with Crippen molar-refractivity contribution in [2.75, 3.05) is 23.4 Å². The minimum absolute atomic E-state index is 0.00184. The molecule has 0 aliphatic heterocycles. The largest absolute Gasteiger partial charge is 0.352 e. The summed E-state index contributed by atoms with van der Waals surface area (Å²) in [6.07, 6.45) is 9.13. The highest BCUT2D eigenvalue weighted by atomic mass is 32.2. The molecule has 0 unspecified atom stereocenters. The molecule has 0 radical (unpaired) electrons. The van der Waals surface area contributed by atoms with Gasteiger partial charge >= 0.3 is 0 Å². The van der Waals surface area contributed by atoms with Gasteiger partial charge in [-0.25, -0.2) is 8.42 Å². The fourth-order valence-electron chi connectivity index (χ4n) is 4.87. The number of thiophene rings is 1. The number of anilines is 3. The molecule has 2 amide bonds. The van der Waals surface area contributed by atoms with Crippen LogP contribution in [0.3, 0.4) is 0 Å². The fraction of sp³-hybridized carbons (Fsp3) is 0.462. The van der Waals surface area contributed by atoms with E-state index < -0.39 is 9.84 Å². The maximum atomic E-state index is 13.4. The highest BCUT2D eigenvalue weighted by molar-refractivity contribution is 7.90. The van der Waals surface area contributed by atoms with Crippen LogP contribution < -0.4 is 16.0 Å². The van der Waals surface area contributed by atoms with Crippen LogP contribution in [0.4, 0.5) is 16.6 Å². The third-order valence-corrected chi connectivity index (χ3v) is 9.70. The van der Waals surface area contributed by atoms with Crippen molar-refractivity contribution in [3.63, 3.8) is 0 Å². The van der Waals surface area contributed by atoms with Crippen LogP contribution in [0.1, 0.15) is 58.9 Å². The summed E-state index contributed by atoms with van der Waals surface area (Å²) < 4.78 is 25.9. The van der Waals surface area contributed by atoms with E-state index >= 15 is 0 Å². The maximum Gasteiger partial charge on any atom is 0.254 e. The van der Waals surface area contributed by atoms with Crippen LogP contribution in [0.15, 0.2) is 35.5 Å². The Morgan fingerprint density at radius 3 is 2.71 bits per heavy atom. The molecule has 0 saturated heterocycles. The number of aryl methyl sites for hydroxylation is 1. The second-order valence-corrected chi connectivity index (χ2v) is 13.6. The molecule has 3 N–H and O–H groups in total. The van der Waals surface area contributed by atoms with Gasteiger partial charge in [0.1, 0.15) is 11.3 Å². The van der Waals surface area contributed by atoms with Gasteiger partial charge in [0.2, 0.25) is 11.9 Å². The molecule has 6 rings (SSSR count). The summed E-state index contributed by atoms with van der Waals surface area (Å²) in [5.74, 6) is 0.980. The minimum Gasteiger partial charge on any atom is -0.352 e. The molecule has 1 atom stereocenters. The number of fused-ring (bicyclic) bond motifs is 1. The summed E-state index contributed by atoms with van der Waals surface area (Å²) in [6.45, 7) is 0.662. The maximum absolute atomic E-state index is 13.4. The van der Waals surface area contributed by atoms with Gasteiger partial charge in [0, 0.05) is 35.3 Å². The highest BCUT2D eigenvalue weighted by Gasteiger charge is 2.35. The topological polar surface area (TPSA) is 135 Å². The first kappa shape index (κ1) is 25.1. The minimum atomic E-state index is -3.35. The second kappa shape index (κ2) is 9.81. The van der Waals surface area contributed by atoms with E-state index in [1.807, 2.05) is 4.57 Å². The fourth-order valence-corrected chi connectivity index (χ4v) is 6.78. The van der Waals surface area contributed by atoms with E-state index in [4.69, 9.17) is 0 Å². The smallest absolute Gasteiger partial charge is 0.254 e. The van der Waals surface area contributed by atoms with Gasteiger partial charge in [-0.05, 0) is 74.6 Å². The number of nitrogens with one attached hydrogen (secondary N) is 3. The second-order valence-electron chi connectivity index (χ2n) is 10.5. The Balaban J connectivity index is 1.26. The Labute approximate surface area is 225 Å². The number of sulfone groups is 1. The molecule has 0 bridgehead atoms. The number of nitrogens with zero attached hydrogens (tertiary/aromatic N) is 3. The van der Waals surface area contributed by atoms with Gasteiger partial charge in [0.15, 0.2) is 9.84 Å². The lowest BCUT2D eigenvalue weighted by Gasteiger charge is -2.25. The van der Waals surface area contributed by atoms with Crippen molar-refractivity contribution >= 4 is 49.6 Å². The van der Waals surface area contributed by atoms with Crippen LogP contribution in [0.5, 0.6) is 0 Å². The number of aromatic nitrogens is 3. The molecule has 2 heterocycles. The molecule has 10 nitrogen and oxygen atoms in total. The predicted octanol–water partition coefficient (Wildman–Crippen LogP) is 3.71. The van der Waals surface area contributed by atoms with E-state index in [0.717, 1.165) is 49.0 Å². The SMILES string of the molecule is CS(=O)(=O)c1cccc(Nc2nncn2[C@H]2CCc3sc(NC(=O)C4CC4)c(C(=O)NCC4CC4)c3C2)c1. The van der Waals surface area contributed by atoms with Gasteiger partial charge < -0.3 is 16.0 Å². The molecule has 2 aromatic heterocycles. The van der Waals surface area contributed by atoms with Crippen LogP contribution in [-0.4, -0.2) is 47.8 Å². The van der Waals surface area contributed by atoms with Crippen LogP contribution >= 0.6 is 11.3 Å². The van der Waals surface area contributed by atoms with Crippen molar-refractivity contribution < 1.29 is 18.0 Å². The molecular weight excluding hydrogens is 524 g/mol. The molecule has 2 saturated carbocycles. The average molecular weight is 555 g/mol. The summed E-state index contributed by atoms with van der Waals surface area (Å²) in [7, 11) is -3.35. The van der Waals surface area contributed by atoms with Gasteiger partial charge in [-0.3, -0.25) is 14.2 Å². The molecular formula is C26H30N6O4S2. The summed E-state index contributed by atoms with van der Waals surface area (Å²) >= 11 is 1.52. The monoisotopic (exact) mass is 554 g/mol. The van der Waals surface area contributed by atoms with Crippen molar-refractivity contribution in [1.29, 1.82) is 0 Å². The van der Waals surface area contributed by atoms with Crippen LogP contribution in [0.2, 0.25) is 0 Å². The molecule has 3 aliphatic carbocycles. The molecule has 38 heavy (non-hydrogen) atoms. The number of hydrogen-bond donors (Lipinski definition) is 3. The van der Waals surface area contributed by atoms with Gasteiger partial charge in [-0.2, -0.15) is 0 Å². The quantitative estimate of drug-likeness (QED) is 0.367. The third-order valence-electron chi connectivity index (χ3n) is 7.38. The lowest BCUT2D eigenvalue weighted by atomic mass is 9.91. The molecule has 1 aromatic carbocycles. The molecule has 200 valence electrons. The van der Waals surface area contributed by atoms with Crippen molar-refractivity contribution in [3.05, 3.63) is 46.6 Å². The van der Waals surface area contributed by atoms with Gasteiger partial charge in [-0.1, -0.05) is 6.07 Å². The highest BCUT2D eigenvalue weighted by Crippen LogP contribution is 2.43. The molecule has 3 aliphatic rings. The Hall–Kier alpha value is -3.25. The molecule has 3 aromatic rings. The van der Waals surface area contributed by atoms with Crippen LogP contribution in [0, 0.1) is 11.8 Å². The van der Waals surface area contributed by atoms with E-state index in [-0.39, 0.29) is 28.7 Å². The first-order valence-electron chi connectivity index (χ1n) is 13.0. The van der Waals surface area contributed by atoms with Crippen LogP contribution in [-0.2, 0) is 27.5 Å². The Morgan fingerprint density at radius 1 is 1.16 bits per heavy atom. The Kier molecular flexibility index (Phi) is 6.47. The lowest BCUT2D eigenvalue weighted by Crippen LogP contribution is -2.28. The molecule has 12 heteroatoms. The number of rotatable bonds is 9. The van der Waals surface area contributed by atoms with Crippen molar-refractivity contribution in [1.82, 2.24) is 20.1 Å². The number of carbonyl (C=O) groups is 2.